The number of rotatable bonds is 16. The highest BCUT2D eigenvalue weighted by Gasteiger charge is 2.10. The molecule has 0 fully saturated rings. The van der Waals surface area contributed by atoms with Crippen molar-refractivity contribution in [2.24, 2.45) is 0 Å². The highest BCUT2D eigenvalue weighted by molar-refractivity contribution is 9.09. The van der Waals surface area contributed by atoms with Gasteiger partial charge in [0.05, 0.1) is 19.8 Å². The number of hydrogen-bond donors (Lipinski definition) is 0. The van der Waals surface area contributed by atoms with E-state index < -0.39 is 0 Å². The van der Waals surface area contributed by atoms with Crippen LogP contribution >= 0.6 is 15.9 Å². The molecule has 0 radical (unpaired) electrons. The van der Waals surface area contributed by atoms with E-state index in [0.717, 1.165) is 55.2 Å². The van der Waals surface area contributed by atoms with Gasteiger partial charge in [0.1, 0.15) is 5.75 Å². The fourth-order valence-corrected chi connectivity index (χ4v) is 3.38. The summed E-state index contributed by atoms with van der Waals surface area (Å²) in [6, 6.07) is 6.20. The maximum Gasteiger partial charge on any atom is 0.306 e. The Morgan fingerprint density at radius 3 is 2.28 bits per heavy atom. The first-order valence-corrected chi connectivity index (χ1v) is 11.8. The lowest BCUT2D eigenvalue weighted by Gasteiger charge is -2.13. The summed E-state index contributed by atoms with van der Waals surface area (Å²) in [5.41, 5.74) is 2.24. The summed E-state index contributed by atoms with van der Waals surface area (Å²) in [5, 5.41) is 1.02. The number of esters is 2. The van der Waals surface area contributed by atoms with Crippen molar-refractivity contribution in [3.05, 3.63) is 29.3 Å². The molecule has 0 atom stereocenters. The van der Waals surface area contributed by atoms with E-state index in [0.29, 0.717) is 39.1 Å². The third-order valence-electron chi connectivity index (χ3n) is 4.47. The number of carbonyl (C=O) groups excluding carboxylic acids is 2. The first-order chi connectivity index (χ1) is 14.1. The summed E-state index contributed by atoms with van der Waals surface area (Å²) < 4.78 is 16.0. The Hall–Kier alpha value is -1.56. The van der Waals surface area contributed by atoms with E-state index in [1.54, 1.807) is 0 Å². The normalized spacial score (nSPS) is 10.6. The quantitative estimate of drug-likeness (QED) is 0.184. The van der Waals surface area contributed by atoms with Gasteiger partial charge in [0.25, 0.3) is 0 Å². The van der Waals surface area contributed by atoms with Crippen LogP contribution in [0, 0.1) is 0 Å². The van der Waals surface area contributed by atoms with Gasteiger partial charge in [0.15, 0.2) is 0 Å². The smallest absolute Gasteiger partial charge is 0.306 e. The molecule has 29 heavy (non-hydrogen) atoms. The molecule has 0 aromatic heterocycles. The molecule has 0 amide bonds. The summed E-state index contributed by atoms with van der Waals surface area (Å²) in [6.45, 7) is 5.14. The van der Waals surface area contributed by atoms with Gasteiger partial charge < -0.3 is 14.2 Å². The zero-order valence-electron chi connectivity index (χ0n) is 17.8. The van der Waals surface area contributed by atoms with Gasteiger partial charge in [-0.3, -0.25) is 9.59 Å². The molecule has 5 nitrogen and oxygen atoms in total. The lowest BCUT2D eigenvalue weighted by atomic mass is 10.0. The zero-order chi connectivity index (χ0) is 21.3. The van der Waals surface area contributed by atoms with Crippen LogP contribution < -0.4 is 4.74 Å². The van der Waals surface area contributed by atoms with E-state index in [1.165, 1.54) is 5.56 Å². The maximum absolute atomic E-state index is 11.8. The Morgan fingerprint density at radius 2 is 1.59 bits per heavy atom. The molecule has 0 spiro atoms. The van der Waals surface area contributed by atoms with Gasteiger partial charge in [-0.1, -0.05) is 28.1 Å². The van der Waals surface area contributed by atoms with Gasteiger partial charge in [-0.25, -0.2) is 0 Å². The van der Waals surface area contributed by atoms with Gasteiger partial charge in [-0.15, -0.1) is 0 Å². The number of halogens is 1. The second-order valence-electron chi connectivity index (χ2n) is 6.86. The average Bonchev–Trinajstić information content (AvgIpc) is 2.71. The molecule has 0 unspecified atom stereocenters. The predicted octanol–water partition coefficient (Wildman–Crippen LogP) is 5.40. The average molecular weight is 471 g/mol. The summed E-state index contributed by atoms with van der Waals surface area (Å²) in [6.07, 6.45) is 7.30. The Morgan fingerprint density at radius 1 is 0.862 bits per heavy atom. The van der Waals surface area contributed by atoms with Crippen molar-refractivity contribution in [2.75, 3.05) is 25.2 Å². The highest BCUT2D eigenvalue weighted by Crippen LogP contribution is 2.24. The van der Waals surface area contributed by atoms with Gasteiger partial charge in [0.2, 0.25) is 0 Å². The van der Waals surface area contributed by atoms with E-state index in [9.17, 15) is 9.59 Å². The second kappa shape index (κ2) is 16.3. The number of aryl methyl sites for hydroxylation is 2. The molecule has 0 aliphatic heterocycles. The highest BCUT2D eigenvalue weighted by atomic mass is 79.9. The standard InChI is InChI=1S/C23H35BrO5/c1-3-27-22(25)11-7-6-10-19-12-14-21(29-17-9-5-8-16-24)20(18-19)13-15-23(26)28-4-2/h12,14,18H,3-11,13,15-17H2,1-2H3. The molecule has 0 heterocycles. The Labute approximate surface area is 183 Å². The number of carbonyl (C=O) groups is 2. The fraction of sp³-hybridized carbons (Fsp3) is 0.652. The van der Waals surface area contributed by atoms with Gasteiger partial charge >= 0.3 is 11.9 Å². The van der Waals surface area contributed by atoms with E-state index in [-0.39, 0.29) is 11.9 Å². The Kier molecular flexibility index (Phi) is 14.3. The molecule has 0 aliphatic carbocycles. The summed E-state index contributed by atoms with van der Waals surface area (Å²) >= 11 is 3.44. The number of ether oxygens (including phenoxy) is 3. The molecular formula is C23H35BrO5. The minimum Gasteiger partial charge on any atom is -0.493 e. The number of alkyl halides is 1. The minimum absolute atomic E-state index is 0.133. The summed E-state index contributed by atoms with van der Waals surface area (Å²) in [4.78, 5) is 23.2. The van der Waals surface area contributed by atoms with Crippen LogP contribution in [0.5, 0.6) is 5.75 Å². The molecule has 1 aromatic rings. The number of benzene rings is 1. The second-order valence-corrected chi connectivity index (χ2v) is 7.65. The van der Waals surface area contributed by atoms with Gasteiger partial charge in [-0.05, 0) is 76.0 Å². The monoisotopic (exact) mass is 470 g/mol. The molecule has 1 aromatic carbocycles. The van der Waals surface area contributed by atoms with Crippen molar-refractivity contribution in [1.29, 1.82) is 0 Å². The van der Waals surface area contributed by atoms with Crippen molar-refractivity contribution in [3.63, 3.8) is 0 Å². The van der Waals surface area contributed by atoms with Crippen LogP contribution in [-0.2, 0) is 31.9 Å². The first kappa shape index (κ1) is 25.5. The van der Waals surface area contributed by atoms with Gasteiger partial charge in [0, 0.05) is 18.2 Å². The van der Waals surface area contributed by atoms with Crippen LogP contribution in [0.25, 0.3) is 0 Å². The third kappa shape index (κ3) is 11.9. The van der Waals surface area contributed by atoms with Gasteiger partial charge in [-0.2, -0.15) is 0 Å². The minimum atomic E-state index is -0.185. The van der Waals surface area contributed by atoms with E-state index in [4.69, 9.17) is 14.2 Å². The summed E-state index contributed by atoms with van der Waals surface area (Å²) in [5.74, 6) is 0.533. The Bertz CT molecular complexity index is 603. The van der Waals surface area contributed by atoms with Crippen molar-refractivity contribution < 1.29 is 23.8 Å². The Balaban J connectivity index is 2.62. The first-order valence-electron chi connectivity index (χ1n) is 10.7. The zero-order valence-corrected chi connectivity index (χ0v) is 19.4. The largest absolute Gasteiger partial charge is 0.493 e. The van der Waals surface area contributed by atoms with Crippen LogP contribution in [0.2, 0.25) is 0 Å². The lowest BCUT2D eigenvalue weighted by molar-refractivity contribution is -0.144. The number of hydrogen-bond acceptors (Lipinski definition) is 5. The molecular weight excluding hydrogens is 436 g/mol. The molecule has 164 valence electrons. The van der Waals surface area contributed by atoms with Crippen molar-refractivity contribution in [1.82, 2.24) is 0 Å². The molecule has 0 saturated carbocycles. The van der Waals surface area contributed by atoms with Crippen LogP contribution in [0.1, 0.15) is 69.9 Å². The van der Waals surface area contributed by atoms with Crippen molar-refractivity contribution >= 4 is 27.9 Å². The molecule has 0 saturated heterocycles. The molecule has 0 aliphatic rings. The molecule has 0 bridgehead atoms. The lowest BCUT2D eigenvalue weighted by Crippen LogP contribution is -2.07. The predicted molar refractivity (Wildman–Crippen MR) is 119 cm³/mol. The van der Waals surface area contributed by atoms with E-state index in [1.807, 2.05) is 19.9 Å². The van der Waals surface area contributed by atoms with Crippen LogP contribution in [0.3, 0.4) is 0 Å². The molecule has 6 heteroatoms. The number of unbranched alkanes of at least 4 members (excludes halogenated alkanes) is 3. The maximum atomic E-state index is 11.8. The van der Waals surface area contributed by atoms with Crippen molar-refractivity contribution in [3.8, 4) is 5.75 Å². The van der Waals surface area contributed by atoms with E-state index >= 15 is 0 Å². The van der Waals surface area contributed by atoms with E-state index in [2.05, 4.69) is 28.1 Å². The molecule has 1 rings (SSSR count). The van der Waals surface area contributed by atoms with Crippen molar-refractivity contribution in [2.45, 2.75) is 71.6 Å². The molecule has 0 N–H and O–H groups in total. The van der Waals surface area contributed by atoms with Crippen LogP contribution in [0.4, 0.5) is 0 Å². The fourth-order valence-electron chi connectivity index (χ4n) is 2.98. The topological polar surface area (TPSA) is 61.8 Å². The van der Waals surface area contributed by atoms with Crippen LogP contribution in [-0.4, -0.2) is 37.1 Å². The third-order valence-corrected chi connectivity index (χ3v) is 5.03. The SMILES string of the molecule is CCOC(=O)CCCCc1ccc(OCCCCCBr)c(CCC(=O)OCC)c1. The summed E-state index contributed by atoms with van der Waals surface area (Å²) in [7, 11) is 0. The van der Waals surface area contributed by atoms with Crippen LogP contribution in [0.15, 0.2) is 18.2 Å².